The summed E-state index contributed by atoms with van der Waals surface area (Å²) in [5, 5.41) is 0. The van der Waals surface area contributed by atoms with Gasteiger partial charge in [-0.2, -0.15) is 0 Å². The van der Waals surface area contributed by atoms with Crippen LogP contribution < -0.4 is 4.74 Å². The fourth-order valence-electron chi connectivity index (χ4n) is 4.05. The maximum Gasteiger partial charge on any atom is 0.239 e. The minimum absolute atomic E-state index is 0.788. The summed E-state index contributed by atoms with van der Waals surface area (Å²) in [6, 6.07) is 31.2. The predicted octanol–water partition coefficient (Wildman–Crippen LogP) is 9.72. The lowest BCUT2D eigenvalue weighted by atomic mass is 10.0. The lowest BCUT2D eigenvalue weighted by molar-refractivity contribution is 0.306. The van der Waals surface area contributed by atoms with Crippen molar-refractivity contribution < 1.29 is 4.74 Å². The van der Waals surface area contributed by atoms with Crippen LogP contribution in [0.25, 0.3) is 32.0 Å². The molecule has 0 saturated carbocycles. The molecule has 0 N–H and O–H groups in total. The van der Waals surface area contributed by atoms with Gasteiger partial charge in [0.15, 0.2) is 0 Å². The van der Waals surface area contributed by atoms with Crippen LogP contribution in [-0.2, 0) is 12.8 Å². The van der Waals surface area contributed by atoms with E-state index in [0.717, 1.165) is 31.6 Å². The summed E-state index contributed by atoms with van der Waals surface area (Å²) in [4.78, 5) is 2.57. The average Bonchev–Trinajstić information content (AvgIpc) is 2.91. The SMILES string of the molecule is CCCCCOc1ccc(-c2cc(-c3ccc(CC)cc3)[s+]c(-c3ccc(CC)cc3)c2)cc1. The molecule has 0 fully saturated rings. The molecule has 0 atom stereocenters. The molecule has 0 radical (unpaired) electrons. The molecule has 0 spiro atoms. The topological polar surface area (TPSA) is 9.23 Å². The van der Waals surface area contributed by atoms with Gasteiger partial charge in [-0.05, 0) is 77.9 Å². The molecule has 0 aliphatic carbocycles. The molecule has 174 valence electrons. The predicted molar refractivity (Wildman–Crippen MR) is 149 cm³/mol. The van der Waals surface area contributed by atoms with Crippen molar-refractivity contribution in [1.29, 1.82) is 0 Å². The standard InChI is InChI=1S/C32H35OS/c1-4-7-8-21-33-30-19-17-26(18-20-30)29-22-31(27-13-9-24(5-2)10-14-27)34-32(23-29)28-15-11-25(6-3)12-16-28/h9-20,22-23H,4-8,21H2,1-3H3/q+1. The van der Waals surface area contributed by atoms with E-state index >= 15 is 0 Å². The molecule has 0 aliphatic rings. The summed E-state index contributed by atoms with van der Waals surface area (Å²) >= 11 is 1.86. The Bertz CT molecular complexity index is 1110. The van der Waals surface area contributed by atoms with E-state index in [2.05, 4.69) is 106 Å². The normalized spacial score (nSPS) is 10.9. The smallest absolute Gasteiger partial charge is 0.239 e. The first kappa shape index (κ1) is 24.2. The molecule has 4 rings (SSSR count). The molecule has 0 saturated heterocycles. The van der Waals surface area contributed by atoms with Gasteiger partial charge in [0.25, 0.3) is 0 Å². The second-order valence-electron chi connectivity index (χ2n) is 8.76. The number of aryl methyl sites for hydroxylation is 2. The molecule has 0 bridgehead atoms. The molecule has 4 aromatic rings. The highest BCUT2D eigenvalue weighted by molar-refractivity contribution is 7.18. The lowest BCUT2D eigenvalue weighted by Gasteiger charge is -2.08. The van der Waals surface area contributed by atoms with Crippen LogP contribution in [0, 0.1) is 0 Å². The Kier molecular flexibility index (Phi) is 8.49. The molecule has 1 nitrogen and oxygen atoms in total. The van der Waals surface area contributed by atoms with Crippen molar-refractivity contribution in [3.8, 4) is 37.8 Å². The third kappa shape index (κ3) is 6.12. The van der Waals surface area contributed by atoms with Crippen LogP contribution in [-0.4, -0.2) is 6.61 Å². The van der Waals surface area contributed by atoms with E-state index in [1.807, 2.05) is 11.3 Å². The van der Waals surface area contributed by atoms with Gasteiger partial charge in [0, 0.05) is 23.3 Å². The minimum Gasteiger partial charge on any atom is -0.494 e. The van der Waals surface area contributed by atoms with Gasteiger partial charge in [-0.25, -0.2) is 0 Å². The number of benzene rings is 3. The van der Waals surface area contributed by atoms with Crippen molar-refractivity contribution in [2.45, 2.75) is 52.9 Å². The number of unbranched alkanes of at least 4 members (excludes halogenated alkanes) is 2. The molecule has 0 unspecified atom stereocenters. The summed E-state index contributed by atoms with van der Waals surface area (Å²) in [6.07, 6.45) is 5.66. The fraction of sp³-hybridized carbons (Fsp3) is 0.281. The highest BCUT2D eigenvalue weighted by Gasteiger charge is 2.19. The van der Waals surface area contributed by atoms with Crippen molar-refractivity contribution in [2.75, 3.05) is 6.61 Å². The van der Waals surface area contributed by atoms with E-state index in [9.17, 15) is 0 Å². The van der Waals surface area contributed by atoms with Crippen LogP contribution in [0.4, 0.5) is 0 Å². The maximum absolute atomic E-state index is 5.93. The molecule has 34 heavy (non-hydrogen) atoms. The van der Waals surface area contributed by atoms with E-state index in [-0.39, 0.29) is 0 Å². The third-order valence-corrected chi connectivity index (χ3v) is 7.44. The van der Waals surface area contributed by atoms with Gasteiger partial charge in [0.1, 0.15) is 5.75 Å². The van der Waals surface area contributed by atoms with Crippen LogP contribution in [0.5, 0.6) is 5.75 Å². The van der Waals surface area contributed by atoms with Gasteiger partial charge >= 0.3 is 0 Å². The van der Waals surface area contributed by atoms with E-state index in [0.29, 0.717) is 0 Å². The fourth-order valence-corrected chi connectivity index (χ4v) is 5.16. The summed E-state index contributed by atoms with van der Waals surface area (Å²) < 4.78 is 5.93. The summed E-state index contributed by atoms with van der Waals surface area (Å²) in [5.41, 5.74) is 7.73. The van der Waals surface area contributed by atoms with Gasteiger partial charge in [-0.1, -0.05) is 70.0 Å². The van der Waals surface area contributed by atoms with E-state index in [1.54, 1.807) is 0 Å². The molecule has 3 aromatic carbocycles. The maximum atomic E-state index is 5.93. The largest absolute Gasteiger partial charge is 0.494 e. The van der Waals surface area contributed by atoms with Gasteiger partial charge in [0.05, 0.1) is 6.61 Å². The van der Waals surface area contributed by atoms with Gasteiger partial charge in [0.2, 0.25) is 21.1 Å². The number of rotatable bonds is 10. The Morgan fingerprint density at radius 1 is 0.559 bits per heavy atom. The number of hydrogen-bond acceptors (Lipinski definition) is 1. The van der Waals surface area contributed by atoms with Crippen LogP contribution >= 0.6 is 11.3 Å². The molecule has 0 amide bonds. The van der Waals surface area contributed by atoms with Crippen molar-refractivity contribution in [3.05, 3.63) is 96.1 Å². The Balaban J connectivity index is 1.69. The molecule has 0 aliphatic heterocycles. The van der Waals surface area contributed by atoms with Gasteiger partial charge in [-0.15, -0.1) is 0 Å². The molecule has 1 aromatic heterocycles. The number of ether oxygens (including phenoxy) is 1. The third-order valence-electron chi connectivity index (χ3n) is 6.29. The zero-order valence-corrected chi connectivity index (χ0v) is 21.5. The van der Waals surface area contributed by atoms with E-state index in [4.69, 9.17) is 4.74 Å². The lowest BCUT2D eigenvalue weighted by Crippen LogP contribution is -1.96. The Morgan fingerprint density at radius 3 is 1.53 bits per heavy atom. The second-order valence-corrected chi connectivity index (χ2v) is 9.84. The average molecular weight is 468 g/mol. The zero-order valence-electron chi connectivity index (χ0n) is 20.6. The van der Waals surface area contributed by atoms with Crippen molar-refractivity contribution in [3.63, 3.8) is 0 Å². The Hall–Kier alpha value is -2.97. The minimum atomic E-state index is 0.788. The van der Waals surface area contributed by atoms with Crippen molar-refractivity contribution in [1.82, 2.24) is 0 Å². The first-order valence-electron chi connectivity index (χ1n) is 12.6. The van der Waals surface area contributed by atoms with Crippen molar-refractivity contribution >= 4 is 11.3 Å². The van der Waals surface area contributed by atoms with Crippen LogP contribution in [0.15, 0.2) is 84.9 Å². The first-order chi connectivity index (χ1) is 16.7. The van der Waals surface area contributed by atoms with Gasteiger partial charge < -0.3 is 4.74 Å². The molecular weight excluding hydrogens is 432 g/mol. The van der Waals surface area contributed by atoms with Crippen LogP contribution in [0.3, 0.4) is 0 Å². The molecule has 2 heteroatoms. The van der Waals surface area contributed by atoms with E-state index in [1.165, 1.54) is 56.0 Å². The van der Waals surface area contributed by atoms with Gasteiger partial charge in [-0.3, -0.25) is 0 Å². The summed E-state index contributed by atoms with van der Waals surface area (Å²) in [5.74, 6) is 0.948. The second kappa shape index (κ2) is 11.9. The number of hydrogen-bond donors (Lipinski definition) is 0. The Labute approximate surface area is 209 Å². The molecular formula is C32H35OS+. The van der Waals surface area contributed by atoms with Crippen molar-refractivity contribution in [2.24, 2.45) is 0 Å². The quantitative estimate of drug-likeness (QED) is 0.167. The van der Waals surface area contributed by atoms with Crippen LogP contribution in [0.1, 0.15) is 51.2 Å². The highest BCUT2D eigenvalue weighted by Crippen LogP contribution is 2.38. The van der Waals surface area contributed by atoms with E-state index < -0.39 is 0 Å². The highest BCUT2D eigenvalue weighted by atomic mass is 32.1. The Morgan fingerprint density at radius 2 is 1.06 bits per heavy atom. The molecule has 1 heterocycles. The summed E-state index contributed by atoms with van der Waals surface area (Å²) in [7, 11) is 0. The van der Waals surface area contributed by atoms with Crippen LogP contribution in [0.2, 0.25) is 0 Å². The summed E-state index contributed by atoms with van der Waals surface area (Å²) in [6.45, 7) is 7.41. The first-order valence-corrected chi connectivity index (χ1v) is 13.4. The monoisotopic (exact) mass is 467 g/mol. The zero-order chi connectivity index (χ0) is 23.8.